The molecule has 2 heterocycles. The van der Waals surface area contributed by atoms with Crippen LogP contribution in [-0.4, -0.2) is 4.98 Å². The van der Waals surface area contributed by atoms with Gasteiger partial charge in [-0.3, -0.25) is 0 Å². The van der Waals surface area contributed by atoms with Gasteiger partial charge in [0.15, 0.2) is 5.58 Å². The second kappa shape index (κ2) is 8.61. The Kier molecular flexibility index (Phi) is 4.79. The first-order valence-electron chi connectivity index (χ1n) is 13.0. The number of rotatable bonds is 4. The van der Waals surface area contributed by atoms with Crippen LogP contribution in [0.1, 0.15) is 0 Å². The van der Waals surface area contributed by atoms with E-state index in [2.05, 4.69) is 95.9 Å². The Bertz CT molecular complexity index is 2130. The lowest BCUT2D eigenvalue weighted by molar-refractivity contribution is 0.617. The zero-order valence-electron chi connectivity index (χ0n) is 20.9. The molecule has 0 amide bonds. The molecule has 0 unspecified atom stereocenters. The number of fused-ring (bicyclic) bond motifs is 5. The van der Waals surface area contributed by atoms with Gasteiger partial charge in [-0.05, 0) is 65.4 Å². The van der Waals surface area contributed by atoms with Crippen LogP contribution in [0, 0.1) is 0 Å². The van der Waals surface area contributed by atoms with Crippen molar-refractivity contribution in [3.63, 3.8) is 0 Å². The van der Waals surface area contributed by atoms with E-state index >= 15 is 0 Å². The average molecular weight is 503 g/mol. The number of nitrogens with zero attached hydrogens (tertiary/aromatic N) is 2. The van der Waals surface area contributed by atoms with E-state index in [4.69, 9.17) is 13.8 Å². The van der Waals surface area contributed by atoms with Gasteiger partial charge in [0.1, 0.15) is 16.7 Å². The van der Waals surface area contributed by atoms with Crippen LogP contribution in [-0.2, 0) is 0 Å². The van der Waals surface area contributed by atoms with Crippen molar-refractivity contribution in [2.75, 3.05) is 4.90 Å². The maximum Gasteiger partial charge on any atom is 0.227 e. The van der Waals surface area contributed by atoms with Crippen molar-refractivity contribution < 1.29 is 8.83 Å². The van der Waals surface area contributed by atoms with Crippen molar-refractivity contribution in [1.82, 2.24) is 4.98 Å². The summed E-state index contributed by atoms with van der Waals surface area (Å²) in [7, 11) is 0. The van der Waals surface area contributed by atoms with E-state index < -0.39 is 0 Å². The van der Waals surface area contributed by atoms with Crippen LogP contribution in [0.2, 0.25) is 0 Å². The number of furan rings is 1. The smallest absolute Gasteiger partial charge is 0.227 e. The van der Waals surface area contributed by atoms with Crippen LogP contribution < -0.4 is 4.90 Å². The van der Waals surface area contributed by atoms with Gasteiger partial charge in [0.25, 0.3) is 0 Å². The van der Waals surface area contributed by atoms with E-state index in [0.717, 1.165) is 50.1 Å². The molecule has 0 aliphatic carbocycles. The van der Waals surface area contributed by atoms with Crippen molar-refractivity contribution in [3.05, 3.63) is 133 Å². The molecule has 0 saturated heterocycles. The van der Waals surface area contributed by atoms with Crippen molar-refractivity contribution >= 4 is 60.9 Å². The highest BCUT2D eigenvalue weighted by atomic mass is 16.4. The molecular weight excluding hydrogens is 480 g/mol. The molecule has 4 nitrogen and oxygen atoms in total. The van der Waals surface area contributed by atoms with Gasteiger partial charge in [0.2, 0.25) is 5.89 Å². The van der Waals surface area contributed by atoms with Crippen molar-refractivity contribution in [2.24, 2.45) is 0 Å². The van der Waals surface area contributed by atoms with Crippen LogP contribution in [0.3, 0.4) is 0 Å². The van der Waals surface area contributed by atoms with Gasteiger partial charge in [-0.2, -0.15) is 0 Å². The van der Waals surface area contributed by atoms with Gasteiger partial charge >= 0.3 is 0 Å². The zero-order chi connectivity index (χ0) is 25.8. The number of aromatic nitrogens is 1. The minimum Gasteiger partial charge on any atom is -0.456 e. The summed E-state index contributed by atoms with van der Waals surface area (Å²) in [6.07, 6.45) is 0. The molecule has 6 aromatic carbocycles. The minimum atomic E-state index is 0.610. The molecule has 8 aromatic rings. The first-order chi connectivity index (χ1) is 19.3. The Hall–Kier alpha value is -5.35. The Labute approximate surface area is 224 Å². The second-order valence-electron chi connectivity index (χ2n) is 9.69. The minimum absolute atomic E-state index is 0.610. The van der Waals surface area contributed by atoms with Crippen molar-refractivity contribution in [1.29, 1.82) is 0 Å². The molecule has 4 heteroatoms. The Morgan fingerprint density at radius 2 is 1.15 bits per heavy atom. The Balaban J connectivity index is 1.27. The fourth-order valence-electron chi connectivity index (χ4n) is 5.37. The molecule has 0 N–H and O–H groups in total. The largest absolute Gasteiger partial charge is 0.456 e. The van der Waals surface area contributed by atoms with Crippen LogP contribution in [0.15, 0.2) is 142 Å². The summed E-state index contributed by atoms with van der Waals surface area (Å²) in [6.45, 7) is 0. The van der Waals surface area contributed by atoms with Gasteiger partial charge in [0.05, 0.1) is 0 Å². The maximum absolute atomic E-state index is 6.39. The summed E-state index contributed by atoms with van der Waals surface area (Å²) in [5.74, 6) is 0.610. The van der Waals surface area contributed by atoms with Gasteiger partial charge in [0, 0.05) is 45.5 Å². The molecule has 39 heavy (non-hydrogen) atoms. The molecule has 0 bridgehead atoms. The Morgan fingerprint density at radius 3 is 2.00 bits per heavy atom. The molecule has 2 aromatic heterocycles. The molecule has 0 atom stereocenters. The third-order valence-corrected chi connectivity index (χ3v) is 7.25. The van der Waals surface area contributed by atoms with Crippen LogP contribution in [0.25, 0.3) is 55.3 Å². The molecular formula is C35H22N2O2. The first kappa shape index (κ1) is 21.7. The summed E-state index contributed by atoms with van der Waals surface area (Å²) in [4.78, 5) is 7.02. The third-order valence-electron chi connectivity index (χ3n) is 7.25. The molecule has 8 rings (SSSR count). The quantitative estimate of drug-likeness (QED) is 0.240. The summed E-state index contributed by atoms with van der Waals surface area (Å²) >= 11 is 0. The summed E-state index contributed by atoms with van der Waals surface area (Å²) in [6, 6.07) is 45.8. The van der Waals surface area contributed by atoms with Crippen LogP contribution in [0.5, 0.6) is 0 Å². The van der Waals surface area contributed by atoms with Crippen LogP contribution in [0.4, 0.5) is 17.1 Å². The summed E-state index contributed by atoms with van der Waals surface area (Å²) < 4.78 is 12.5. The topological polar surface area (TPSA) is 42.4 Å². The highest BCUT2D eigenvalue weighted by Crippen LogP contribution is 2.40. The lowest BCUT2D eigenvalue weighted by atomic mass is 10.1. The molecule has 0 aliphatic rings. The SMILES string of the molecule is c1ccc(-c2nc3cc4c(cc3o2)oc2cc(N(c3ccccc3)c3ccc5ccccc5c3)ccc24)cc1. The number of hydrogen-bond acceptors (Lipinski definition) is 4. The highest BCUT2D eigenvalue weighted by Gasteiger charge is 2.17. The van der Waals surface area contributed by atoms with Gasteiger partial charge in [-0.15, -0.1) is 0 Å². The molecule has 0 spiro atoms. The lowest BCUT2D eigenvalue weighted by Crippen LogP contribution is -2.09. The second-order valence-corrected chi connectivity index (χ2v) is 9.69. The van der Waals surface area contributed by atoms with Gasteiger partial charge in [-0.1, -0.05) is 66.7 Å². The molecule has 0 radical (unpaired) electrons. The first-order valence-corrected chi connectivity index (χ1v) is 13.0. The van der Waals surface area contributed by atoms with E-state index in [0.29, 0.717) is 11.5 Å². The third kappa shape index (κ3) is 3.65. The molecule has 184 valence electrons. The van der Waals surface area contributed by atoms with E-state index in [1.807, 2.05) is 42.5 Å². The predicted molar refractivity (Wildman–Crippen MR) is 159 cm³/mol. The fourth-order valence-corrected chi connectivity index (χ4v) is 5.37. The van der Waals surface area contributed by atoms with Crippen molar-refractivity contribution in [2.45, 2.75) is 0 Å². The fraction of sp³-hybridized carbons (Fsp3) is 0. The summed E-state index contributed by atoms with van der Waals surface area (Å²) in [5.41, 5.74) is 7.27. The lowest BCUT2D eigenvalue weighted by Gasteiger charge is -2.25. The number of para-hydroxylation sites is 1. The monoisotopic (exact) mass is 502 g/mol. The number of anilines is 3. The normalized spacial score (nSPS) is 11.6. The van der Waals surface area contributed by atoms with E-state index in [-0.39, 0.29) is 0 Å². The standard InChI is InChI=1S/C35H22N2O2/c1-3-10-24(11-4-1)35-36-31-21-30-29-18-17-28(20-32(29)38-33(30)22-34(31)39-35)37(26-13-5-2-6-14-26)27-16-15-23-9-7-8-12-25(23)19-27/h1-22H. The average Bonchev–Trinajstić information content (AvgIpc) is 3.57. The molecule has 0 saturated carbocycles. The zero-order valence-corrected chi connectivity index (χ0v) is 20.9. The number of benzene rings is 6. The van der Waals surface area contributed by atoms with E-state index in [9.17, 15) is 0 Å². The predicted octanol–water partition coefficient (Wildman–Crippen LogP) is 10.0. The summed E-state index contributed by atoms with van der Waals surface area (Å²) in [5, 5.41) is 4.49. The maximum atomic E-state index is 6.39. The number of oxazole rings is 1. The van der Waals surface area contributed by atoms with E-state index in [1.54, 1.807) is 0 Å². The molecule has 0 aliphatic heterocycles. The van der Waals surface area contributed by atoms with Crippen LogP contribution >= 0.6 is 0 Å². The van der Waals surface area contributed by atoms with Gasteiger partial charge < -0.3 is 13.7 Å². The van der Waals surface area contributed by atoms with Gasteiger partial charge in [-0.25, -0.2) is 4.98 Å². The Morgan fingerprint density at radius 1 is 0.462 bits per heavy atom. The molecule has 0 fully saturated rings. The van der Waals surface area contributed by atoms with Crippen molar-refractivity contribution in [3.8, 4) is 11.5 Å². The number of hydrogen-bond donors (Lipinski definition) is 0. The van der Waals surface area contributed by atoms with E-state index in [1.165, 1.54) is 10.8 Å². The highest BCUT2D eigenvalue weighted by molar-refractivity contribution is 6.09.